The van der Waals surface area contributed by atoms with Crippen LogP contribution in [0.2, 0.25) is 0 Å². The summed E-state index contributed by atoms with van der Waals surface area (Å²) in [6.07, 6.45) is 2.66. The summed E-state index contributed by atoms with van der Waals surface area (Å²) < 4.78 is 6.79. The number of aromatic nitrogens is 2. The van der Waals surface area contributed by atoms with Gasteiger partial charge in [0, 0.05) is 12.6 Å². The second kappa shape index (κ2) is 10.2. The Hall–Kier alpha value is -3.57. The Labute approximate surface area is 194 Å². The lowest BCUT2D eigenvalue weighted by molar-refractivity contribution is -0.140. The van der Waals surface area contributed by atoms with Gasteiger partial charge in [0.15, 0.2) is 0 Å². The fourth-order valence-electron chi connectivity index (χ4n) is 4.12. The standard InChI is InChI=1S/C26H25N3O2.ClH/c1-31-24(30)18-17-23-19-29(25(27)28-23)26(20-11-5-2-6-12-20,21-13-7-3-8-14-21)22-15-9-4-10-16-22;/h2-16,19H,17-18H2,1H3,(H2,27,28);1H. The number of rotatable bonds is 7. The molecule has 0 bridgehead atoms. The fourth-order valence-corrected chi connectivity index (χ4v) is 4.12. The molecule has 3 aromatic carbocycles. The maximum absolute atomic E-state index is 11.7. The number of hydrogen-bond acceptors (Lipinski definition) is 4. The molecule has 0 saturated carbocycles. The smallest absolute Gasteiger partial charge is 0.305 e. The molecule has 0 saturated heterocycles. The molecular formula is C26H26ClN3O2. The van der Waals surface area contributed by atoms with E-state index in [1.807, 2.05) is 65.4 Å². The average Bonchev–Trinajstić information content (AvgIpc) is 3.21. The molecule has 6 heteroatoms. The van der Waals surface area contributed by atoms with Crippen molar-refractivity contribution in [1.29, 1.82) is 0 Å². The Balaban J connectivity index is 0.00000289. The molecule has 0 atom stereocenters. The number of benzene rings is 3. The normalized spacial score (nSPS) is 10.9. The van der Waals surface area contributed by atoms with Crippen LogP contribution >= 0.6 is 12.4 Å². The van der Waals surface area contributed by atoms with Crippen LogP contribution in [0.5, 0.6) is 0 Å². The predicted octanol–water partition coefficient (Wildman–Crippen LogP) is 4.83. The van der Waals surface area contributed by atoms with Crippen molar-refractivity contribution >= 4 is 24.3 Å². The van der Waals surface area contributed by atoms with Gasteiger partial charge in [-0.25, -0.2) is 4.98 Å². The molecule has 1 aromatic heterocycles. The van der Waals surface area contributed by atoms with E-state index < -0.39 is 5.54 Å². The molecule has 0 fully saturated rings. The maximum Gasteiger partial charge on any atom is 0.305 e. The monoisotopic (exact) mass is 447 g/mol. The number of methoxy groups -OCH3 is 1. The highest BCUT2D eigenvalue weighted by molar-refractivity contribution is 5.85. The van der Waals surface area contributed by atoms with E-state index in [0.717, 1.165) is 22.4 Å². The molecule has 2 N–H and O–H groups in total. The van der Waals surface area contributed by atoms with Crippen LogP contribution in [-0.2, 0) is 21.5 Å². The predicted molar refractivity (Wildman–Crippen MR) is 129 cm³/mol. The minimum Gasteiger partial charge on any atom is -0.469 e. The molecule has 0 radical (unpaired) electrons. The number of halogens is 1. The largest absolute Gasteiger partial charge is 0.469 e. The Morgan fingerprint density at radius 1 is 0.875 bits per heavy atom. The molecule has 5 nitrogen and oxygen atoms in total. The molecule has 4 rings (SSSR count). The van der Waals surface area contributed by atoms with E-state index in [-0.39, 0.29) is 24.8 Å². The van der Waals surface area contributed by atoms with E-state index >= 15 is 0 Å². The number of carbonyl (C=O) groups is 1. The highest BCUT2D eigenvalue weighted by Crippen LogP contribution is 2.42. The van der Waals surface area contributed by atoms with Crippen LogP contribution in [-0.4, -0.2) is 22.6 Å². The summed E-state index contributed by atoms with van der Waals surface area (Å²) in [4.78, 5) is 16.2. The van der Waals surface area contributed by atoms with Gasteiger partial charge in [0.25, 0.3) is 0 Å². The number of ether oxygens (including phenoxy) is 1. The number of esters is 1. The second-order valence-corrected chi connectivity index (χ2v) is 7.35. The zero-order chi connectivity index (χ0) is 21.7. The molecule has 0 aliphatic carbocycles. The lowest BCUT2D eigenvalue weighted by Crippen LogP contribution is -2.38. The number of nitrogens with zero attached hydrogens (tertiary/aromatic N) is 2. The van der Waals surface area contributed by atoms with Gasteiger partial charge in [0.2, 0.25) is 5.95 Å². The summed E-state index contributed by atoms with van der Waals surface area (Å²) in [5.74, 6) is 0.116. The van der Waals surface area contributed by atoms with E-state index in [0.29, 0.717) is 12.4 Å². The molecule has 0 aliphatic rings. The van der Waals surface area contributed by atoms with Gasteiger partial charge >= 0.3 is 5.97 Å². The number of imidazole rings is 1. The van der Waals surface area contributed by atoms with E-state index in [1.54, 1.807) is 0 Å². The van der Waals surface area contributed by atoms with Crippen molar-refractivity contribution in [2.75, 3.05) is 12.8 Å². The number of nitrogens with two attached hydrogens (primary N) is 1. The quantitative estimate of drug-likeness (QED) is 0.325. The Morgan fingerprint density at radius 2 is 1.31 bits per heavy atom. The van der Waals surface area contributed by atoms with Crippen molar-refractivity contribution < 1.29 is 9.53 Å². The number of anilines is 1. The van der Waals surface area contributed by atoms with Gasteiger partial charge in [-0.15, -0.1) is 12.4 Å². The molecule has 164 valence electrons. The van der Waals surface area contributed by atoms with Crippen LogP contribution in [0, 0.1) is 0 Å². The first-order valence-corrected chi connectivity index (χ1v) is 10.2. The molecule has 1 heterocycles. The van der Waals surface area contributed by atoms with E-state index in [2.05, 4.69) is 41.4 Å². The zero-order valence-corrected chi connectivity index (χ0v) is 18.7. The Bertz CT molecular complexity index is 1050. The highest BCUT2D eigenvalue weighted by atomic mass is 35.5. The average molecular weight is 448 g/mol. The van der Waals surface area contributed by atoms with Gasteiger partial charge in [-0.3, -0.25) is 9.36 Å². The van der Waals surface area contributed by atoms with Gasteiger partial charge in [0.1, 0.15) is 5.54 Å². The van der Waals surface area contributed by atoms with Crippen LogP contribution < -0.4 is 5.73 Å². The van der Waals surface area contributed by atoms with E-state index in [4.69, 9.17) is 10.5 Å². The molecule has 0 aliphatic heterocycles. The van der Waals surface area contributed by atoms with Crippen molar-refractivity contribution in [2.45, 2.75) is 18.4 Å². The summed E-state index contributed by atoms with van der Waals surface area (Å²) in [5.41, 5.74) is 9.74. The second-order valence-electron chi connectivity index (χ2n) is 7.35. The SMILES string of the molecule is COC(=O)CCc1cn(C(c2ccccc2)(c2ccccc2)c2ccccc2)c(N)n1.Cl. The molecule has 0 spiro atoms. The first kappa shape index (κ1) is 23.1. The van der Waals surface area contributed by atoms with E-state index in [1.165, 1.54) is 7.11 Å². The summed E-state index contributed by atoms with van der Waals surface area (Å²) in [5, 5.41) is 0. The molecule has 32 heavy (non-hydrogen) atoms. The van der Waals surface area contributed by atoms with Crippen molar-refractivity contribution in [3.05, 3.63) is 120 Å². The van der Waals surface area contributed by atoms with Crippen molar-refractivity contribution in [2.24, 2.45) is 0 Å². The number of nitrogen functional groups attached to an aromatic ring is 1. The highest BCUT2D eigenvalue weighted by Gasteiger charge is 2.39. The first-order valence-electron chi connectivity index (χ1n) is 10.2. The van der Waals surface area contributed by atoms with Gasteiger partial charge in [-0.05, 0) is 16.7 Å². The molecule has 0 amide bonds. The zero-order valence-electron chi connectivity index (χ0n) is 17.8. The minimum atomic E-state index is -0.718. The third-order valence-corrected chi connectivity index (χ3v) is 5.53. The van der Waals surface area contributed by atoms with Crippen molar-refractivity contribution in [3.63, 3.8) is 0 Å². The van der Waals surface area contributed by atoms with Gasteiger partial charge in [-0.2, -0.15) is 0 Å². The summed E-state index contributed by atoms with van der Waals surface area (Å²) >= 11 is 0. The van der Waals surface area contributed by atoms with Gasteiger partial charge in [-0.1, -0.05) is 91.0 Å². The Kier molecular flexibility index (Phi) is 7.33. The summed E-state index contributed by atoms with van der Waals surface area (Å²) in [7, 11) is 1.39. The summed E-state index contributed by atoms with van der Waals surface area (Å²) in [6.45, 7) is 0. The number of carbonyl (C=O) groups excluding carboxylic acids is 1. The van der Waals surface area contributed by atoms with E-state index in [9.17, 15) is 4.79 Å². The number of hydrogen-bond donors (Lipinski definition) is 1. The van der Waals surface area contributed by atoms with Crippen molar-refractivity contribution in [1.82, 2.24) is 9.55 Å². The maximum atomic E-state index is 11.7. The molecule has 0 unspecified atom stereocenters. The minimum absolute atomic E-state index is 0. The summed E-state index contributed by atoms with van der Waals surface area (Å²) in [6, 6.07) is 30.8. The van der Waals surface area contributed by atoms with Crippen LogP contribution in [0.1, 0.15) is 28.8 Å². The third kappa shape index (κ3) is 4.25. The lowest BCUT2D eigenvalue weighted by atomic mass is 9.76. The molecule has 4 aromatic rings. The lowest BCUT2D eigenvalue weighted by Gasteiger charge is -2.38. The van der Waals surface area contributed by atoms with Crippen LogP contribution in [0.25, 0.3) is 0 Å². The van der Waals surface area contributed by atoms with Gasteiger partial charge in [0.05, 0.1) is 19.2 Å². The third-order valence-electron chi connectivity index (χ3n) is 5.53. The molecular weight excluding hydrogens is 422 g/mol. The van der Waals surface area contributed by atoms with Crippen molar-refractivity contribution in [3.8, 4) is 0 Å². The fraction of sp³-hybridized carbons (Fsp3) is 0.154. The van der Waals surface area contributed by atoms with Crippen LogP contribution in [0.4, 0.5) is 5.95 Å². The topological polar surface area (TPSA) is 70.1 Å². The first-order chi connectivity index (χ1) is 15.2. The number of aryl methyl sites for hydroxylation is 1. The Morgan fingerprint density at radius 3 is 1.72 bits per heavy atom. The van der Waals surface area contributed by atoms with Crippen LogP contribution in [0.3, 0.4) is 0 Å². The van der Waals surface area contributed by atoms with Crippen LogP contribution in [0.15, 0.2) is 97.2 Å². The van der Waals surface area contributed by atoms with Gasteiger partial charge < -0.3 is 10.5 Å².